The van der Waals surface area contributed by atoms with E-state index in [1.54, 1.807) is 0 Å². The highest BCUT2D eigenvalue weighted by Crippen LogP contribution is 2.39. The number of halogens is 2. The molecule has 112 valence electrons. The maximum atomic E-state index is 8.89. The number of unbranched alkanes of at least 4 members (excludes halogenated alkanes) is 1. The highest BCUT2D eigenvalue weighted by atomic mass is 35.5. The van der Waals surface area contributed by atoms with Crippen LogP contribution in [0.15, 0.2) is 18.2 Å². The molecule has 0 bridgehead atoms. The van der Waals surface area contributed by atoms with Crippen LogP contribution in [0, 0.1) is 0 Å². The molecule has 2 nitrogen and oxygen atoms in total. The van der Waals surface area contributed by atoms with Gasteiger partial charge in [0.05, 0.1) is 10.0 Å². The van der Waals surface area contributed by atoms with Gasteiger partial charge in [0.2, 0.25) is 0 Å². The van der Waals surface area contributed by atoms with Crippen LogP contribution in [0.2, 0.25) is 10.0 Å². The van der Waals surface area contributed by atoms with Crippen LogP contribution in [0.3, 0.4) is 0 Å². The molecule has 1 N–H and O–H groups in total. The third-order valence-corrected chi connectivity index (χ3v) is 5.08. The zero-order valence-corrected chi connectivity index (χ0v) is 13.5. The molecule has 1 aliphatic rings. The van der Waals surface area contributed by atoms with Crippen LogP contribution in [0.1, 0.15) is 43.6 Å². The summed E-state index contributed by atoms with van der Waals surface area (Å²) in [5.74, 6) is 0.545. The summed E-state index contributed by atoms with van der Waals surface area (Å²) < 4.78 is 0. The van der Waals surface area contributed by atoms with E-state index in [2.05, 4.69) is 18.0 Å². The average molecular weight is 316 g/mol. The molecule has 1 aromatic carbocycles. The summed E-state index contributed by atoms with van der Waals surface area (Å²) in [6.45, 7) is 1.33. The molecule has 0 radical (unpaired) electrons. The minimum atomic E-state index is 0.286. The quantitative estimate of drug-likeness (QED) is 0.790. The van der Waals surface area contributed by atoms with Crippen LogP contribution in [-0.2, 0) is 0 Å². The molecule has 4 heteroatoms. The lowest BCUT2D eigenvalue weighted by molar-refractivity contribution is 0.211. The summed E-state index contributed by atoms with van der Waals surface area (Å²) in [5.41, 5.74) is 1.30. The van der Waals surface area contributed by atoms with Crippen molar-refractivity contribution in [1.82, 2.24) is 4.90 Å². The Morgan fingerprint density at radius 2 is 2.00 bits per heavy atom. The Labute approximate surface area is 131 Å². The topological polar surface area (TPSA) is 23.5 Å². The van der Waals surface area contributed by atoms with Crippen molar-refractivity contribution in [1.29, 1.82) is 0 Å². The summed E-state index contributed by atoms with van der Waals surface area (Å²) in [7, 11) is 2.19. The second-order valence-electron chi connectivity index (χ2n) is 5.69. The molecule has 1 aliphatic carbocycles. The number of benzene rings is 1. The van der Waals surface area contributed by atoms with Crippen LogP contribution in [0.5, 0.6) is 0 Å². The maximum Gasteiger partial charge on any atom is 0.0595 e. The Bertz CT molecular complexity index is 438. The number of aliphatic hydroxyl groups excluding tert-OH is 1. The molecule has 0 spiro atoms. The Morgan fingerprint density at radius 3 is 2.70 bits per heavy atom. The van der Waals surface area contributed by atoms with Crippen molar-refractivity contribution in [3.05, 3.63) is 33.8 Å². The molecule has 1 fully saturated rings. The summed E-state index contributed by atoms with van der Waals surface area (Å²) >= 11 is 12.2. The highest BCUT2D eigenvalue weighted by Gasteiger charge is 2.31. The fraction of sp³-hybridized carbons (Fsp3) is 0.625. The van der Waals surface area contributed by atoms with Crippen LogP contribution in [0.4, 0.5) is 0 Å². The van der Waals surface area contributed by atoms with Crippen molar-refractivity contribution in [3.8, 4) is 0 Å². The summed E-state index contributed by atoms with van der Waals surface area (Å²) in [5, 5.41) is 10.2. The smallest absolute Gasteiger partial charge is 0.0595 e. The molecule has 2 atom stereocenters. The van der Waals surface area contributed by atoms with Crippen molar-refractivity contribution in [3.63, 3.8) is 0 Å². The van der Waals surface area contributed by atoms with Crippen molar-refractivity contribution in [2.24, 2.45) is 0 Å². The van der Waals surface area contributed by atoms with Gasteiger partial charge in [-0.05, 0) is 62.9 Å². The first kappa shape index (κ1) is 16.1. The number of likely N-dealkylation sites (N-methyl/N-ethyl adjacent to an activating group) is 1. The van der Waals surface area contributed by atoms with E-state index < -0.39 is 0 Å². The Kier molecular flexibility index (Phi) is 6.16. The molecular formula is C16H23Cl2NO. The maximum absolute atomic E-state index is 8.89. The lowest BCUT2D eigenvalue weighted by Crippen LogP contribution is -2.34. The monoisotopic (exact) mass is 315 g/mol. The van der Waals surface area contributed by atoms with Gasteiger partial charge >= 0.3 is 0 Å². The molecule has 20 heavy (non-hydrogen) atoms. The molecule has 2 unspecified atom stereocenters. The zero-order valence-electron chi connectivity index (χ0n) is 12.0. The molecule has 0 aliphatic heterocycles. The molecule has 0 heterocycles. The number of hydrogen-bond acceptors (Lipinski definition) is 2. The van der Waals surface area contributed by atoms with E-state index in [1.165, 1.54) is 24.8 Å². The van der Waals surface area contributed by atoms with Crippen LogP contribution < -0.4 is 0 Å². The minimum Gasteiger partial charge on any atom is -0.396 e. The van der Waals surface area contributed by atoms with Crippen molar-refractivity contribution < 1.29 is 5.11 Å². The van der Waals surface area contributed by atoms with Crippen molar-refractivity contribution in [2.45, 2.75) is 44.1 Å². The lowest BCUT2D eigenvalue weighted by Gasteiger charge is -2.30. The molecule has 0 aromatic heterocycles. The predicted molar refractivity (Wildman–Crippen MR) is 85.8 cm³/mol. The molecule has 0 saturated heterocycles. The van der Waals surface area contributed by atoms with E-state index in [1.807, 2.05) is 12.1 Å². The first-order valence-electron chi connectivity index (χ1n) is 7.39. The van der Waals surface area contributed by atoms with Gasteiger partial charge < -0.3 is 10.0 Å². The fourth-order valence-electron chi connectivity index (χ4n) is 3.24. The van der Waals surface area contributed by atoms with Crippen molar-refractivity contribution >= 4 is 23.2 Å². The third-order valence-electron chi connectivity index (χ3n) is 4.34. The van der Waals surface area contributed by atoms with E-state index in [0.29, 0.717) is 22.0 Å². The molecule has 0 amide bonds. The van der Waals surface area contributed by atoms with Crippen LogP contribution >= 0.6 is 23.2 Å². The summed E-state index contributed by atoms with van der Waals surface area (Å²) in [4.78, 5) is 2.44. The normalized spacial score (nSPS) is 22.6. The van der Waals surface area contributed by atoms with E-state index in [9.17, 15) is 0 Å². The van der Waals surface area contributed by atoms with E-state index in [-0.39, 0.29) is 6.61 Å². The average Bonchev–Trinajstić information content (AvgIpc) is 2.91. The number of hydrogen-bond donors (Lipinski definition) is 1. The van der Waals surface area contributed by atoms with Gasteiger partial charge in [-0.2, -0.15) is 0 Å². The zero-order chi connectivity index (χ0) is 14.5. The van der Waals surface area contributed by atoms with Gasteiger partial charge in [0.25, 0.3) is 0 Å². The lowest BCUT2D eigenvalue weighted by atomic mass is 9.93. The Morgan fingerprint density at radius 1 is 1.20 bits per heavy atom. The summed E-state index contributed by atoms with van der Waals surface area (Å²) in [6.07, 6.45) is 5.65. The SMILES string of the molecule is CN(CCCCO)C1CCCC1c1ccc(Cl)c(Cl)c1. The van der Waals surface area contributed by atoms with Gasteiger partial charge in [0, 0.05) is 12.6 Å². The Hall–Kier alpha value is -0.280. The van der Waals surface area contributed by atoms with Gasteiger partial charge in [0.1, 0.15) is 0 Å². The highest BCUT2D eigenvalue weighted by molar-refractivity contribution is 6.42. The number of rotatable bonds is 6. The van der Waals surface area contributed by atoms with Crippen LogP contribution in [-0.4, -0.2) is 36.2 Å². The first-order valence-corrected chi connectivity index (χ1v) is 8.15. The second-order valence-corrected chi connectivity index (χ2v) is 6.50. The third kappa shape index (κ3) is 3.88. The molecule has 2 rings (SSSR count). The van der Waals surface area contributed by atoms with Gasteiger partial charge in [-0.25, -0.2) is 0 Å². The fourth-order valence-corrected chi connectivity index (χ4v) is 3.55. The summed E-state index contributed by atoms with van der Waals surface area (Å²) in [6, 6.07) is 6.61. The minimum absolute atomic E-state index is 0.286. The Balaban J connectivity index is 2.04. The largest absolute Gasteiger partial charge is 0.396 e. The predicted octanol–water partition coefficient (Wildman–Crippen LogP) is 4.33. The van der Waals surface area contributed by atoms with Crippen LogP contribution in [0.25, 0.3) is 0 Å². The first-order chi connectivity index (χ1) is 9.63. The molecular weight excluding hydrogens is 293 g/mol. The number of nitrogens with zero attached hydrogens (tertiary/aromatic N) is 1. The van der Waals surface area contributed by atoms with E-state index >= 15 is 0 Å². The van der Waals surface area contributed by atoms with Gasteiger partial charge in [-0.3, -0.25) is 0 Å². The van der Waals surface area contributed by atoms with E-state index in [4.69, 9.17) is 28.3 Å². The molecule has 1 aromatic rings. The molecule has 1 saturated carbocycles. The number of aliphatic hydroxyl groups is 1. The van der Waals surface area contributed by atoms with Gasteiger partial charge in [0.15, 0.2) is 0 Å². The van der Waals surface area contributed by atoms with Gasteiger partial charge in [-0.1, -0.05) is 35.7 Å². The van der Waals surface area contributed by atoms with Crippen molar-refractivity contribution in [2.75, 3.05) is 20.2 Å². The second kappa shape index (κ2) is 7.65. The van der Waals surface area contributed by atoms with E-state index in [0.717, 1.165) is 19.4 Å². The standard InChI is InChI=1S/C16H23Cl2NO/c1-19(9-2-3-10-20)16-6-4-5-13(16)12-7-8-14(17)15(18)11-12/h7-8,11,13,16,20H,2-6,9-10H2,1H3. The van der Waals surface area contributed by atoms with Gasteiger partial charge in [-0.15, -0.1) is 0 Å².